The van der Waals surface area contributed by atoms with E-state index in [9.17, 15) is 13.2 Å². The largest absolute Gasteiger partial charge is 0.361 e. The number of piperazine rings is 1. The van der Waals surface area contributed by atoms with Gasteiger partial charge in [0.15, 0.2) is 5.69 Å². The normalized spacial score (nSPS) is 17.1. The molecule has 0 spiro atoms. The molecular formula is C19H25N3O4S. The molecule has 0 N–H and O–H groups in total. The molecule has 0 aliphatic carbocycles. The zero-order chi connectivity index (χ0) is 19.6. The van der Waals surface area contributed by atoms with Gasteiger partial charge in [-0.05, 0) is 37.0 Å². The number of aromatic nitrogens is 1. The number of benzene rings is 1. The third-order valence-corrected chi connectivity index (χ3v) is 6.99. The van der Waals surface area contributed by atoms with E-state index in [0.29, 0.717) is 29.7 Å². The summed E-state index contributed by atoms with van der Waals surface area (Å²) in [6.07, 6.45) is 1.01. The molecule has 1 aliphatic rings. The van der Waals surface area contributed by atoms with Crippen LogP contribution in [-0.4, -0.2) is 54.9 Å². The van der Waals surface area contributed by atoms with Gasteiger partial charge in [0.2, 0.25) is 10.0 Å². The molecule has 1 amide bonds. The second kappa shape index (κ2) is 7.82. The Balaban J connectivity index is 1.66. The van der Waals surface area contributed by atoms with E-state index in [1.54, 1.807) is 30.0 Å². The van der Waals surface area contributed by atoms with Crippen LogP contribution < -0.4 is 0 Å². The smallest absolute Gasteiger partial charge is 0.276 e. The summed E-state index contributed by atoms with van der Waals surface area (Å²) < 4.78 is 32.1. The lowest BCUT2D eigenvalue weighted by Crippen LogP contribution is -2.50. The molecule has 1 aliphatic heterocycles. The van der Waals surface area contributed by atoms with Crippen LogP contribution >= 0.6 is 0 Å². The number of hydrogen-bond acceptors (Lipinski definition) is 5. The van der Waals surface area contributed by atoms with Crippen LogP contribution in [0.3, 0.4) is 0 Å². The van der Waals surface area contributed by atoms with Gasteiger partial charge in [-0.3, -0.25) is 4.79 Å². The monoisotopic (exact) mass is 391 g/mol. The van der Waals surface area contributed by atoms with Crippen LogP contribution in [0.1, 0.15) is 48.0 Å². The number of carbonyl (C=O) groups is 1. The first-order valence-electron chi connectivity index (χ1n) is 9.15. The molecule has 2 aromatic rings. The molecule has 146 valence electrons. The molecule has 2 heterocycles. The number of sulfonamides is 1. The van der Waals surface area contributed by atoms with Gasteiger partial charge in [-0.15, -0.1) is 0 Å². The fourth-order valence-electron chi connectivity index (χ4n) is 3.11. The van der Waals surface area contributed by atoms with Gasteiger partial charge in [-0.25, -0.2) is 8.42 Å². The van der Waals surface area contributed by atoms with E-state index in [1.165, 1.54) is 4.31 Å². The van der Waals surface area contributed by atoms with Crippen molar-refractivity contribution < 1.29 is 17.7 Å². The molecule has 3 rings (SSSR count). The van der Waals surface area contributed by atoms with E-state index >= 15 is 0 Å². The molecule has 0 bridgehead atoms. The molecule has 1 aromatic heterocycles. The van der Waals surface area contributed by atoms with Gasteiger partial charge in [0.05, 0.1) is 4.90 Å². The summed E-state index contributed by atoms with van der Waals surface area (Å²) in [6, 6.07) is 8.70. The third kappa shape index (κ3) is 4.06. The average molecular weight is 391 g/mol. The number of aryl methyl sites for hydroxylation is 1. The maximum absolute atomic E-state index is 12.9. The zero-order valence-electron chi connectivity index (χ0n) is 15.9. The van der Waals surface area contributed by atoms with Crippen LogP contribution in [0.4, 0.5) is 0 Å². The number of carbonyl (C=O) groups excluding carboxylic acids is 1. The molecular weight excluding hydrogens is 366 g/mol. The number of hydrogen-bond donors (Lipinski definition) is 0. The van der Waals surface area contributed by atoms with Crippen LogP contribution in [0.5, 0.6) is 0 Å². The van der Waals surface area contributed by atoms with Crippen molar-refractivity contribution in [2.75, 3.05) is 26.2 Å². The van der Waals surface area contributed by atoms with Crippen molar-refractivity contribution >= 4 is 15.9 Å². The maximum atomic E-state index is 12.9. The Morgan fingerprint density at radius 1 is 1.19 bits per heavy atom. The van der Waals surface area contributed by atoms with Crippen molar-refractivity contribution in [1.29, 1.82) is 0 Å². The van der Waals surface area contributed by atoms with Gasteiger partial charge in [-0.2, -0.15) is 4.31 Å². The predicted octanol–water partition coefficient (Wildman–Crippen LogP) is 2.64. The highest BCUT2D eigenvalue weighted by Crippen LogP contribution is 2.23. The van der Waals surface area contributed by atoms with E-state index in [-0.39, 0.29) is 24.7 Å². The molecule has 8 heteroatoms. The van der Waals surface area contributed by atoms with Gasteiger partial charge in [0.1, 0.15) is 5.76 Å². The van der Waals surface area contributed by atoms with Gasteiger partial charge in [-0.1, -0.05) is 31.1 Å². The van der Waals surface area contributed by atoms with Crippen LogP contribution in [-0.2, 0) is 10.0 Å². The van der Waals surface area contributed by atoms with E-state index in [0.717, 1.165) is 12.0 Å². The standard InChI is InChI=1S/C19H25N3O4S/c1-4-14(2)16-5-7-17(8-6-16)27(24,25)22-11-9-21(10-12-22)19(23)18-13-15(3)26-20-18/h5-8,13-14H,4,9-12H2,1-3H3/t14-/m1/s1. The lowest BCUT2D eigenvalue weighted by Gasteiger charge is -2.33. The quantitative estimate of drug-likeness (QED) is 0.782. The molecule has 0 saturated carbocycles. The SMILES string of the molecule is CC[C@@H](C)c1ccc(S(=O)(=O)N2CCN(C(=O)c3cc(C)on3)CC2)cc1. The molecule has 0 radical (unpaired) electrons. The first-order chi connectivity index (χ1) is 12.8. The Kier molecular flexibility index (Phi) is 5.67. The summed E-state index contributed by atoms with van der Waals surface area (Å²) in [5.41, 5.74) is 1.39. The number of nitrogens with zero attached hydrogens (tertiary/aromatic N) is 3. The molecule has 1 atom stereocenters. The van der Waals surface area contributed by atoms with Crippen LogP contribution in [0.15, 0.2) is 39.8 Å². The Labute approximate surface area is 160 Å². The van der Waals surface area contributed by atoms with Crippen molar-refractivity contribution in [1.82, 2.24) is 14.4 Å². The van der Waals surface area contributed by atoms with E-state index in [2.05, 4.69) is 19.0 Å². The molecule has 0 unspecified atom stereocenters. The summed E-state index contributed by atoms with van der Waals surface area (Å²) in [4.78, 5) is 14.3. The Morgan fingerprint density at radius 2 is 1.81 bits per heavy atom. The lowest BCUT2D eigenvalue weighted by atomic mass is 9.99. The first kappa shape index (κ1) is 19.6. The van der Waals surface area contributed by atoms with Crippen molar-refractivity contribution in [2.24, 2.45) is 0 Å². The number of amides is 1. The van der Waals surface area contributed by atoms with Crippen LogP contribution in [0, 0.1) is 6.92 Å². The topological polar surface area (TPSA) is 83.7 Å². The van der Waals surface area contributed by atoms with Crippen molar-refractivity contribution in [3.63, 3.8) is 0 Å². The zero-order valence-corrected chi connectivity index (χ0v) is 16.7. The summed E-state index contributed by atoms with van der Waals surface area (Å²) >= 11 is 0. The third-order valence-electron chi connectivity index (χ3n) is 5.07. The minimum Gasteiger partial charge on any atom is -0.361 e. The fourth-order valence-corrected chi connectivity index (χ4v) is 4.54. The Bertz CT molecular complexity index is 897. The van der Waals surface area contributed by atoms with Gasteiger partial charge in [0.25, 0.3) is 5.91 Å². The molecule has 27 heavy (non-hydrogen) atoms. The Morgan fingerprint density at radius 3 is 2.33 bits per heavy atom. The van der Waals surface area contributed by atoms with E-state index < -0.39 is 10.0 Å². The highest BCUT2D eigenvalue weighted by Gasteiger charge is 2.31. The molecule has 1 aromatic carbocycles. The molecule has 1 saturated heterocycles. The summed E-state index contributed by atoms with van der Waals surface area (Å²) in [7, 11) is -3.56. The van der Waals surface area contributed by atoms with Gasteiger partial charge < -0.3 is 9.42 Å². The maximum Gasteiger partial charge on any atom is 0.276 e. The van der Waals surface area contributed by atoms with Crippen LogP contribution in [0.2, 0.25) is 0 Å². The summed E-state index contributed by atoms with van der Waals surface area (Å²) in [6.45, 7) is 7.13. The molecule has 1 fully saturated rings. The average Bonchev–Trinajstić information content (AvgIpc) is 3.13. The second-order valence-corrected chi connectivity index (χ2v) is 8.84. The minimum atomic E-state index is -3.56. The van der Waals surface area contributed by atoms with Gasteiger partial charge >= 0.3 is 0 Å². The van der Waals surface area contributed by atoms with Gasteiger partial charge in [0, 0.05) is 32.2 Å². The summed E-state index contributed by atoms with van der Waals surface area (Å²) in [5.74, 6) is 0.735. The highest BCUT2D eigenvalue weighted by molar-refractivity contribution is 7.89. The minimum absolute atomic E-state index is 0.234. The second-order valence-electron chi connectivity index (χ2n) is 6.90. The van der Waals surface area contributed by atoms with E-state index in [1.807, 2.05) is 12.1 Å². The van der Waals surface area contributed by atoms with Crippen LogP contribution in [0.25, 0.3) is 0 Å². The molecule has 7 nitrogen and oxygen atoms in total. The first-order valence-corrected chi connectivity index (χ1v) is 10.6. The van der Waals surface area contributed by atoms with E-state index in [4.69, 9.17) is 4.52 Å². The highest BCUT2D eigenvalue weighted by atomic mass is 32.2. The van der Waals surface area contributed by atoms with Crippen molar-refractivity contribution in [3.8, 4) is 0 Å². The van der Waals surface area contributed by atoms with Crippen molar-refractivity contribution in [3.05, 3.63) is 47.3 Å². The summed E-state index contributed by atoms with van der Waals surface area (Å²) in [5, 5.41) is 3.74. The lowest BCUT2D eigenvalue weighted by molar-refractivity contribution is 0.0687. The van der Waals surface area contributed by atoms with Crippen molar-refractivity contribution in [2.45, 2.75) is 38.0 Å². The Hall–Kier alpha value is -2.19. The number of rotatable bonds is 5. The fraction of sp³-hybridized carbons (Fsp3) is 0.474. The predicted molar refractivity (Wildman–Crippen MR) is 101 cm³/mol.